The van der Waals surface area contributed by atoms with Gasteiger partial charge in [0, 0.05) is 22.3 Å². The van der Waals surface area contributed by atoms with Gasteiger partial charge in [0.15, 0.2) is 0 Å². The molecule has 0 radical (unpaired) electrons. The summed E-state index contributed by atoms with van der Waals surface area (Å²) < 4.78 is 8.44. The van der Waals surface area contributed by atoms with E-state index in [-0.39, 0.29) is 0 Å². The van der Waals surface area contributed by atoms with E-state index in [1.807, 2.05) is 37.3 Å². The Morgan fingerprint density at radius 2 is 1.85 bits per heavy atom. The Morgan fingerprint density at radius 3 is 2.44 bits per heavy atom. The standard InChI is InChI=1S/C20H24ClIN4O/c1-13-19(27-2)12-11-18(23-13)14-3-7-16(8-4-14)24-20(26-22)25-17-9-5-15(21)6-10-17/h5-6,9-12,14,16H,3-4,7-8H2,1-2H3,(H2,24,25,26). The third kappa shape index (κ3) is 5.48. The second-order valence-electron chi connectivity index (χ2n) is 6.73. The highest BCUT2D eigenvalue weighted by Gasteiger charge is 2.23. The summed E-state index contributed by atoms with van der Waals surface area (Å²) in [6, 6.07) is 12.1. The number of aliphatic imine (C=N–C) groups is 1. The van der Waals surface area contributed by atoms with E-state index in [0.29, 0.717) is 12.0 Å². The van der Waals surface area contributed by atoms with Gasteiger partial charge in [-0.05, 0) is 69.0 Å². The zero-order valence-corrected chi connectivity index (χ0v) is 18.4. The molecule has 1 fully saturated rings. The first-order valence-corrected chi connectivity index (χ1v) is 10.5. The Hall–Kier alpha value is -1.54. The van der Waals surface area contributed by atoms with Gasteiger partial charge in [-0.1, -0.05) is 11.6 Å². The molecule has 5 nitrogen and oxygen atoms in total. The average Bonchev–Trinajstić information content (AvgIpc) is 2.69. The van der Waals surface area contributed by atoms with Crippen molar-refractivity contribution in [1.82, 2.24) is 8.51 Å². The lowest BCUT2D eigenvalue weighted by Crippen LogP contribution is -2.27. The molecule has 0 atom stereocenters. The number of methoxy groups -OCH3 is 1. The molecule has 0 saturated heterocycles. The lowest BCUT2D eigenvalue weighted by atomic mass is 9.84. The largest absolute Gasteiger partial charge is 0.495 e. The third-order valence-electron chi connectivity index (χ3n) is 4.90. The highest BCUT2D eigenvalue weighted by atomic mass is 127. The van der Waals surface area contributed by atoms with Crippen molar-refractivity contribution >= 4 is 46.1 Å². The molecule has 7 heteroatoms. The van der Waals surface area contributed by atoms with E-state index in [1.54, 1.807) is 7.11 Å². The lowest BCUT2D eigenvalue weighted by Gasteiger charge is -2.26. The molecule has 3 rings (SSSR count). The molecule has 1 aliphatic carbocycles. The van der Waals surface area contributed by atoms with Crippen LogP contribution in [0, 0.1) is 6.92 Å². The molecular weight excluding hydrogens is 475 g/mol. The van der Waals surface area contributed by atoms with Crippen molar-refractivity contribution in [2.75, 3.05) is 12.4 Å². The van der Waals surface area contributed by atoms with Crippen LogP contribution >= 0.6 is 34.5 Å². The van der Waals surface area contributed by atoms with Gasteiger partial charge in [-0.15, -0.1) is 0 Å². The van der Waals surface area contributed by atoms with Crippen LogP contribution in [-0.2, 0) is 0 Å². The van der Waals surface area contributed by atoms with Crippen LogP contribution in [0.25, 0.3) is 0 Å². The Bertz CT molecular complexity index is 789. The Labute approximate surface area is 179 Å². The van der Waals surface area contributed by atoms with Crippen molar-refractivity contribution in [1.29, 1.82) is 0 Å². The number of nitrogens with zero attached hydrogens (tertiary/aromatic N) is 2. The number of hydrogen-bond acceptors (Lipinski definition) is 3. The van der Waals surface area contributed by atoms with Crippen LogP contribution in [0.2, 0.25) is 5.02 Å². The predicted molar refractivity (Wildman–Crippen MR) is 120 cm³/mol. The second kappa shape index (κ2) is 9.59. The van der Waals surface area contributed by atoms with Crippen LogP contribution in [0.1, 0.15) is 43.0 Å². The van der Waals surface area contributed by atoms with E-state index in [2.05, 4.69) is 37.8 Å². The van der Waals surface area contributed by atoms with Crippen molar-refractivity contribution in [3.05, 3.63) is 52.8 Å². The van der Waals surface area contributed by atoms with Crippen molar-refractivity contribution in [2.24, 2.45) is 4.99 Å². The summed E-state index contributed by atoms with van der Waals surface area (Å²) in [6.07, 6.45) is 4.31. The maximum absolute atomic E-state index is 5.94. The number of aryl methyl sites for hydroxylation is 1. The van der Waals surface area contributed by atoms with Gasteiger partial charge in [0.2, 0.25) is 5.96 Å². The molecule has 0 bridgehead atoms. The number of hydrogen-bond donors (Lipinski definition) is 2. The fourth-order valence-corrected chi connectivity index (χ4v) is 3.84. The van der Waals surface area contributed by atoms with Gasteiger partial charge in [0.25, 0.3) is 0 Å². The molecule has 1 aromatic heterocycles. The topological polar surface area (TPSA) is 58.5 Å². The summed E-state index contributed by atoms with van der Waals surface area (Å²) in [4.78, 5) is 9.59. The van der Waals surface area contributed by atoms with Crippen LogP contribution in [0.15, 0.2) is 41.4 Å². The van der Waals surface area contributed by atoms with E-state index >= 15 is 0 Å². The number of ether oxygens (including phenoxy) is 1. The molecule has 1 aliphatic rings. The number of halogens is 2. The first-order valence-electron chi connectivity index (χ1n) is 9.07. The van der Waals surface area contributed by atoms with E-state index in [9.17, 15) is 0 Å². The summed E-state index contributed by atoms with van der Waals surface area (Å²) in [6.45, 7) is 2.00. The zero-order chi connectivity index (χ0) is 19.2. The molecule has 2 aromatic rings. The summed E-state index contributed by atoms with van der Waals surface area (Å²) in [5.41, 5.74) is 3.09. The average molecular weight is 499 g/mol. The van der Waals surface area contributed by atoms with Crippen molar-refractivity contribution < 1.29 is 4.74 Å². The SMILES string of the molecule is COc1ccc(C2CCC(N=C(NI)Nc3ccc(Cl)cc3)CC2)nc1C. The van der Waals surface area contributed by atoms with Gasteiger partial charge in [-0.2, -0.15) is 0 Å². The maximum atomic E-state index is 5.94. The Balaban J connectivity index is 1.59. The summed E-state index contributed by atoms with van der Waals surface area (Å²) in [7, 11) is 1.68. The molecule has 0 amide bonds. The van der Waals surface area contributed by atoms with Crippen LogP contribution < -0.4 is 13.6 Å². The molecule has 1 saturated carbocycles. The van der Waals surface area contributed by atoms with Gasteiger partial charge in [-0.25, -0.2) is 4.99 Å². The van der Waals surface area contributed by atoms with Gasteiger partial charge in [-0.3, -0.25) is 8.51 Å². The quantitative estimate of drug-likeness (QED) is 0.253. The lowest BCUT2D eigenvalue weighted by molar-refractivity contribution is 0.387. The second-order valence-corrected chi connectivity index (χ2v) is 7.71. The van der Waals surface area contributed by atoms with E-state index in [0.717, 1.165) is 53.8 Å². The smallest absolute Gasteiger partial charge is 0.204 e. The molecule has 27 heavy (non-hydrogen) atoms. The molecule has 0 aliphatic heterocycles. The van der Waals surface area contributed by atoms with Crippen LogP contribution in [0.3, 0.4) is 0 Å². The van der Waals surface area contributed by atoms with Crippen molar-refractivity contribution in [2.45, 2.75) is 44.6 Å². The fraction of sp³-hybridized carbons (Fsp3) is 0.400. The molecule has 2 N–H and O–H groups in total. The minimum Gasteiger partial charge on any atom is -0.495 e. The van der Waals surface area contributed by atoms with E-state index < -0.39 is 0 Å². The van der Waals surface area contributed by atoms with Gasteiger partial charge in [0.05, 0.1) is 41.7 Å². The highest BCUT2D eigenvalue weighted by molar-refractivity contribution is 14.1. The molecule has 0 unspecified atom stereocenters. The van der Waals surface area contributed by atoms with Crippen LogP contribution in [-0.4, -0.2) is 24.1 Å². The number of guanidine groups is 1. The first-order chi connectivity index (χ1) is 13.1. The van der Waals surface area contributed by atoms with Gasteiger partial charge >= 0.3 is 0 Å². The van der Waals surface area contributed by atoms with Crippen LogP contribution in [0.5, 0.6) is 5.75 Å². The first kappa shape index (κ1) is 20.2. The fourth-order valence-electron chi connectivity index (χ4n) is 3.44. The number of rotatable bonds is 4. The normalized spacial score (nSPS) is 20.2. The Morgan fingerprint density at radius 1 is 1.15 bits per heavy atom. The number of aromatic nitrogens is 1. The maximum Gasteiger partial charge on any atom is 0.204 e. The van der Waals surface area contributed by atoms with Crippen LogP contribution in [0.4, 0.5) is 5.69 Å². The number of pyridine rings is 1. The van der Waals surface area contributed by atoms with Crippen molar-refractivity contribution in [3.8, 4) is 5.75 Å². The highest BCUT2D eigenvalue weighted by Crippen LogP contribution is 2.34. The van der Waals surface area contributed by atoms with Crippen molar-refractivity contribution in [3.63, 3.8) is 0 Å². The number of benzene rings is 1. The van der Waals surface area contributed by atoms with E-state index in [4.69, 9.17) is 26.3 Å². The van der Waals surface area contributed by atoms with Gasteiger partial charge in [0.1, 0.15) is 5.75 Å². The minimum atomic E-state index is 0.317. The molecule has 0 spiro atoms. The van der Waals surface area contributed by atoms with E-state index in [1.165, 1.54) is 5.69 Å². The Kier molecular flexibility index (Phi) is 7.18. The zero-order valence-electron chi connectivity index (χ0n) is 15.5. The molecule has 144 valence electrons. The monoisotopic (exact) mass is 498 g/mol. The molecular formula is C20H24ClIN4O. The number of nitrogens with one attached hydrogen (secondary N) is 2. The predicted octanol–water partition coefficient (Wildman–Crippen LogP) is 5.49. The summed E-state index contributed by atoms with van der Waals surface area (Å²) >= 11 is 8.05. The summed E-state index contributed by atoms with van der Waals surface area (Å²) in [5, 5.41) is 4.04. The molecule has 1 aromatic carbocycles. The molecule has 1 heterocycles. The minimum absolute atomic E-state index is 0.317. The summed E-state index contributed by atoms with van der Waals surface area (Å²) in [5.74, 6) is 2.13. The number of anilines is 1. The third-order valence-corrected chi connectivity index (χ3v) is 5.66. The van der Waals surface area contributed by atoms with Gasteiger partial charge < -0.3 is 10.1 Å².